The van der Waals surface area contributed by atoms with Crippen LogP contribution in [0.3, 0.4) is 0 Å². The number of amides is 1. The summed E-state index contributed by atoms with van der Waals surface area (Å²) in [7, 11) is 0. The smallest absolute Gasteiger partial charge is 0.274 e. The van der Waals surface area contributed by atoms with E-state index in [0.717, 1.165) is 12.0 Å². The quantitative estimate of drug-likeness (QED) is 0.510. The van der Waals surface area contributed by atoms with E-state index in [4.69, 9.17) is 0 Å². The van der Waals surface area contributed by atoms with Crippen LogP contribution in [0.5, 0.6) is 0 Å². The molecule has 0 fully saturated rings. The molecule has 0 spiro atoms. The summed E-state index contributed by atoms with van der Waals surface area (Å²) in [6, 6.07) is 16.4. The lowest BCUT2D eigenvalue weighted by atomic mass is 10.1. The lowest BCUT2D eigenvalue weighted by Crippen LogP contribution is -2.24. The molecule has 0 bridgehead atoms. The van der Waals surface area contributed by atoms with Crippen molar-refractivity contribution in [3.8, 4) is 16.9 Å². The number of aryl methyl sites for hydroxylation is 2. The Morgan fingerprint density at radius 3 is 2.55 bits per heavy atom. The average Bonchev–Trinajstić information content (AvgIpc) is 3.25. The number of hydrogen-bond donors (Lipinski definition) is 1. The van der Waals surface area contributed by atoms with Gasteiger partial charge in [-0.2, -0.15) is 0 Å². The molecule has 1 amide bonds. The van der Waals surface area contributed by atoms with Crippen LogP contribution in [-0.4, -0.2) is 25.9 Å². The summed E-state index contributed by atoms with van der Waals surface area (Å²) in [6.45, 7) is 4.15. The predicted octanol–water partition coefficient (Wildman–Crippen LogP) is 4.27. The third kappa shape index (κ3) is 4.35. The molecule has 4 rings (SSSR count). The van der Waals surface area contributed by atoms with Crippen molar-refractivity contribution >= 4 is 5.91 Å². The largest absolute Gasteiger partial charge is 0.346 e. The van der Waals surface area contributed by atoms with E-state index in [1.54, 1.807) is 37.5 Å². The summed E-state index contributed by atoms with van der Waals surface area (Å²) in [5, 5.41) is 11.2. The highest BCUT2D eigenvalue weighted by molar-refractivity contribution is 5.98. The number of pyridine rings is 1. The molecule has 0 unspecified atom stereocenters. The van der Waals surface area contributed by atoms with Crippen LogP contribution in [0.2, 0.25) is 0 Å². The van der Waals surface area contributed by atoms with Gasteiger partial charge in [-0.05, 0) is 60.4 Å². The van der Waals surface area contributed by atoms with Crippen molar-refractivity contribution in [1.82, 2.24) is 25.3 Å². The maximum Gasteiger partial charge on any atom is 0.274 e. The molecule has 0 aliphatic heterocycles. The van der Waals surface area contributed by atoms with Gasteiger partial charge in [0.15, 0.2) is 5.69 Å². The van der Waals surface area contributed by atoms with E-state index in [0.29, 0.717) is 29.1 Å². The SMILES string of the molecule is CCc1ccc(CNC(=O)c2nnn(-c3ccc(F)c(C)c3)c2-c2cccnc2)cc1. The van der Waals surface area contributed by atoms with Crippen LogP contribution in [0.4, 0.5) is 4.39 Å². The highest BCUT2D eigenvalue weighted by atomic mass is 19.1. The van der Waals surface area contributed by atoms with Gasteiger partial charge in [-0.25, -0.2) is 9.07 Å². The summed E-state index contributed by atoms with van der Waals surface area (Å²) >= 11 is 0. The Labute approximate surface area is 179 Å². The zero-order valence-corrected chi connectivity index (χ0v) is 17.3. The van der Waals surface area contributed by atoms with E-state index in [9.17, 15) is 9.18 Å². The third-order valence-electron chi connectivity index (χ3n) is 5.09. The minimum Gasteiger partial charge on any atom is -0.346 e. The molecule has 0 aliphatic carbocycles. The number of nitrogens with one attached hydrogen (secondary N) is 1. The molecule has 2 heterocycles. The molecule has 0 saturated carbocycles. The van der Waals surface area contributed by atoms with Crippen LogP contribution in [0, 0.1) is 12.7 Å². The summed E-state index contributed by atoms with van der Waals surface area (Å²) < 4.78 is 15.3. The Balaban J connectivity index is 1.67. The lowest BCUT2D eigenvalue weighted by molar-refractivity contribution is 0.0946. The molecule has 0 radical (unpaired) electrons. The fraction of sp³-hybridized carbons (Fsp3) is 0.167. The number of halogens is 1. The van der Waals surface area contributed by atoms with Gasteiger partial charge in [0.05, 0.1) is 5.69 Å². The van der Waals surface area contributed by atoms with E-state index in [2.05, 4.69) is 39.7 Å². The van der Waals surface area contributed by atoms with Gasteiger partial charge in [-0.3, -0.25) is 9.78 Å². The fourth-order valence-electron chi connectivity index (χ4n) is 3.30. The Hall–Kier alpha value is -3.87. The average molecular weight is 415 g/mol. The molecular weight excluding hydrogens is 393 g/mol. The van der Waals surface area contributed by atoms with Gasteiger partial charge in [0.2, 0.25) is 0 Å². The summed E-state index contributed by atoms with van der Waals surface area (Å²) in [6.07, 6.45) is 4.26. The maximum absolute atomic E-state index is 13.8. The van der Waals surface area contributed by atoms with Crippen LogP contribution in [0.25, 0.3) is 16.9 Å². The van der Waals surface area contributed by atoms with Crippen LogP contribution in [-0.2, 0) is 13.0 Å². The van der Waals surface area contributed by atoms with E-state index in [-0.39, 0.29) is 17.4 Å². The molecular formula is C24H22FN5O. The summed E-state index contributed by atoms with van der Waals surface area (Å²) in [5.74, 6) is -0.651. The number of rotatable bonds is 6. The maximum atomic E-state index is 13.8. The molecule has 6 nitrogen and oxygen atoms in total. The van der Waals surface area contributed by atoms with Crippen molar-refractivity contribution in [3.05, 3.63) is 95.2 Å². The van der Waals surface area contributed by atoms with Gasteiger partial charge < -0.3 is 5.32 Å². The van der Waals surface area contributed by atoms with Crippen molar-refractivity contribution < 1.29 is 9.18 Å². The van der Waals surface area contributed by atoms with Gasteiger partial charge in [0.25, 0.3) is 5.91 Å². The Morgan fingerprint density at radius 2 is 1.87 bits per heavy atom. The minimum atomic E-state index is -0.344. The van der Waals surface area contributed by atoms with Gasteiger partial charge >= 0.3 is 0 Å². The van der Waals surface area contributed by atoms with Crippen molar-refractivity contribution in [1.29, 1.82) is 0 Å². The van der Waals surface area contributed by atoms with Crippen LogP contribution >= 0.6 is 0 Å². The van der Waals surface area contributed by atoms with Gasteiger partial charge in [-0.1, -0.05) is 36.4 Å². The highest BCUT2D eigenvalue weighted by Crippen LogP contribution is 2.25. The minimum absolute atomic E-state index is 0.181. The molecule has 1 N–H and O–H groups in total. The molecule has 0 saturated heterocycles. The van der Waals surface area contributed by atoms with E-state index < -0.39 is 0 Å². The van der Waals surface area contributed by atoms with Crippen LogP contribution in [0.1, 0.15) is 34.1 Å². The first kappa shape index (κ1) is 20.4. The van der Waals surface area contributed by atoms with Crippen molar-refractivity contribution in [2.45, 2.75) is 26.8 Å². The van der Waals surface area contributed by atoms with Gasteiger partial charge in [0.1, 0.15) is 11.5 Å². The fourth-order valence-corrected chi connectivity index (χ4v) is 3.30. The summed E-state index contributed by atoms with van der Waals surface area (Å²) in [5.41, 5.74) is 4.69. The number of carbonyl (C=O) groups excluding carboxylic acids is 1. The standard InChI is InChI=1S/C24H22FN5O/c1-3-17-6-8-18(9-7-17)14-27-24(31)22-23(19-5-4-12-26-15-19)30(29-28-22)20-10-11-21(25)16(2)13-20/h4-13,15H,3,14H2,1-2H3,(H,27,31). The first-order valence-corrected chi connectivity index (χ1v) is 10.1. The van der Waals surface area contributed by atoms with Gasteiger partial charge in [0, 0.05) is 24.5 Å². The Morgan fingerprint density at radius 1 is 1.10 bits per heavy atom. The molecule has 0 aliphatic rings. The number of benzene rings is 2. The Kier molecular flexibility index (Phi) is 5.84. The predicted molar refractivity (Wildman–Crippen MR) is 116 cm³/mol. The van der Waals surface area contributed by atoms with Crippen molar-refractivity contribution in [2.75, 3.05) is 0 Å². The molecule has 0 atom stereocenters. The first-order chi connectivity index (χ1) is 15.1. The van der Waals surface area contributed by atoms with Crippen LogP contribution < -0.4 is 5.32 Å². The molecule has 2 aromatic carbocycles. The van der Waals surface area contributed by atoms with E-state index in [1.807, 2.05) is 18.2 Å². The van der Waals surface area contributed by atoms with E-state index >= 15 is 0 Å². The zero-order chi connectivity index (χ0) is 21.8. The molecule has 7 heteroatoms. The second kappa shape index (κ2) is 8.87. The Bertz CT molecular complexity index is 1200. The topological polar surface area (TPSA) is 72.7 Å². The lowest BCUT2D eigenvalue weighted by Gasteiger charge is -2.10. The second-order valence-corrected chi connectivity index (χ2v) is 7.23. The number of aromatic nitrogens is 4. The van der Waals surface area contributed by atoms with Gasteiger partial charge in [-0.15, -0.1) is 5.10 Å². The molecule has 4 aromatic rings. The summed E-state index contributed by atoms with van der Waals surface area (Å²) in [4.78, 5) is 17.2. The zero-order valence-electron chi connectivity index (χ0n) is 17.3. The number of hydrogen-bond acceptors (Lipinski definition) is 4. The number of carbonyl (C=O) groups is 1. The van der Waals surface area contributed by atoms with Crippen LogP contribution in [0.15, 0.2) is 67.0 Å². The monoisotopic (exact) mass is 415 g/mol. The van der Waals surface area contributed by atoms with E-state index in [1.165, 1.54) is 16.3 Å². The number of nitrogens with zero attached hydrogens (tertiary/aromatic N) is 4. The molecule has 2 aromatic heterocycles. The molecule has 31 heavy (non-hydrogen) atoms. The third-order valence-corrected chi connectivity index (χ3v) is 5.09. The van der Waals surface area contributed by atoms with Crippen molar-refractivity contribution in [3.63, 3.8) is 0 Å². The van der Waals surface area contributed by atoms with Crippen molar-refractivity contribution in [2.24, 2.45) is 0 Å². The normalized spacial score (nSPS) is 10.8. The first-order valence-electron chi connectivity index (χ1n) is 10.1. The highest BCUT2D eigenvalue weighted by Gasteiger charge is 2.22. The second-order valence-electron chi connectivity index (χ2n) is 7.23. The molecule has 156 valence electrons.